The van der Waals surface area contributed by atoms with Gasteiger partial charge in [-0.05, 0) is 134 Å². The van der Waals surface area contributed by atoms with Gasteiger partial charge in [0.25, 0.3) is 0 Å². The zero-order valence-corrected chi connectivity index (χ0v) is 32.4. The molecule has 1 aromatic heterocycles. The van der Waals surface area contributed by atoms with E-state index in [1.165, 1.54) is 98.0 Å². The molecular formula is C54H41NS. The first-order valence-corrected chi connectivity index (χ1v) is 20.3. The van der Waals surface area contributed by atoms with E-state index < -0.39 is 0 Å². The van der Waals surface area contributed by atoms with Crippen LogP contribution in [0, 0.1) is 6.92 Å². The summed E-state index contributed by atoms with van der Waals surface area (Å²) in [5.41, 5.74) is 12.6. The lowest BCUT2D eigenvalue weighted by atomic mass is 9.85. The number of rotatable bonds is 7. The van der Waals surface area contributed by atoms with E-state index in [4.69, 9.17) is 0 Å². The number of hydrogen-bond donors (Lipinski definition) is 0. The third-order valence-corrected chi connectivity index (χ3v) is 12.5. The number of nitrogens with zero attached hydrogens (tertiary/aromatic N) is 1. The van der Waals surface area contributed by atoms with Crippen LogP contribution in [0.4, 0.5) is 11.4 Å². The number of benzene rings is 8. The van der Waals surface area contributed by atoms with Crippen LogP contribution < -0.4 is 4.90 Å². The molecule has 1 unspecified atom stereocenters. The van der Waals surface area contributed by atoms with Crippen molar-refractivity contribution >= 4 is 55.0 Å². The van der Waals surface area contributed by atoms with Gasteiger partial charge in [-0.2, -0.15) is 0 Å². The van der Waals surface area contributed by atoms with Crippen LogP contribution in [-0.2, 0) is 0 Å². The van der Waals surface area contributed by atoms with E-state index in [9.17, 15) is 0 Å². The van der Waals surface area contributed by atoms with E-state index in [1.807, 2.05) is 11.3 Å². The van der Waals surface area contributed by atoms with Gasteiger partial charge in [0.15, 0.2) is 0 Å². The maximum atomic E-state index is 2.49. The van der Waals surface area contributed by atoms with Crippen molar-refractivity contribution in [2.45, 2.75) is 26.3 Å². The molecule has 8 aromatic carbocycles. The van der Waals surface area contributed by atoms with Crippen molar-refractivity contribution in [3.8, 4) is 43.1 Å². The summed E-state index contributed by atoms with van der Waals surface area (Å²) >= 11 is 1.85. The topological polar surface area (TPSA) is 3.24 Å². The van der Waals surface area contributed by atoms with E-state index in [2.05, 4.69) is 213 Å². The summed E-state index contributed by atoms with van der Waals surface area (Å²) in [5.74, 6) is 0. The Morgan fingerprint density at radius 1 is 0.464 bits per heavy atom. The van der Waals surface area contributed by atoms with E-state index in [-0.39, 0.29) is 6.04 Å². The number of fused-ring (bicyclic) bond motifs is 3. The first-order valence-electron chi connectivity index (χ1n) is 19.5. The molecule has 0 saturated heterocycles. The number of thiophene rings is 1. The molecule has 1 nitrogen and oxygen atoms in total. The lowest BCUT2D eigenvalue weighted by Crippen LogP contribution is -2.30. The molecule has 1 aliphatic rings. The Balaban J connectivity index is 1.07. The van der Waals surface area contributed by atoms with Crippen molar-refractivity contribution < 1.29 is 0 Å². The second-order valence-electron chi connectivity index (χ2n) is 15.0. The molecule has 1 aliphatic carbocycles. The summed E-state index contributed by atoms with van der Waals surface area (Å²) in [4.78, 5) is 5.05. The normalized spacial score (nSPS) is 14.0. The molecule has 56 heavy (non-hydrogen) atoms. The Morgan fingerprint density at radius 2 is 1.02 bits per heavy atom. The first-order chi connectivity index (χ1) is 27.6. The highest BCUT2D eigenvalue weighted by molar-refractivity contribution is 7.18. The molecule has 0 fully saturated rings. The molecule has 9 aromatic rings. The van der Waals surface area contributed by atoms with Crippen LogP contribution in [0.3, 0.4) is 0 Å². The van der Waals surface area contributed by atoms with Crippen molar-refractivity contribution in [3.05, 3.63) is 205 Å². The van der Waals surface area contributed by atoms with Gasteiger partial charge in [0, 0.05) is 21.1 Å². The molecular weight excluding hydrogens is 695 g/mol. The van der Waals surface area contributed by atoms with Crippen LogP contribution in [0.15, 0.2) is 200 Å². The van der Waals surface area contributed by atoms with Gasteiger partial charge in [-0.1, -0.05) is 157 Å². The fourth-order valence-electron chi connectivity index (χ4n) is 8.51. The van der Waals surface area contributed by atoms with Gasteiger partial charge in [-0.3, -0.25) is 0 Å². The third-order valence-electron chi connectivity index (χ3n) is 11.3. The molecule has 0 spiro atoms. The van der Waals surface area contributed by atoms with Gasteiger partial charge < -0.3 is 4.90 Å². The summed E-state index contributed by atoms with van der Waals surface area (Å²) < 4.78 is 0. The maximum absolute atomic E-state index is 2.49. The third kappa shape index (κ3) is 6.23. The molecule has 0 N–H and O–H groups in total. The zero-order chi connectivity index (χ0) is 37.6. The van der Waals surface area contributed by atoms with Crippen LogP contribution in [0.2, 0.25) is 0 Å². The van der Waals surface area contributed by atoms with Crippen molar-refractivity contribution in [3.63, 3.8) is 0 Å². The minimum atomic E-state index is 0.257. The summed E-state index contributed by atoms with van der Waals surface area (Å²) in [7, 11) is 0. The monoisotopic (exact) mass is 735 g/mol. The average Bonchev–Trinajstić information content (AvgIpc) is 3.75. The molecule has 268 valence electrons. The van der Waals surface area contributed by atoms with E-state index in [0.29, 0.717) is 0 Å². The Bertz CT molecular complexity index is 2910. The van der Waals surface area contributed by atoms with Crippen LogP contribution >= 0.6 is 11.3 Å². The number of hydrogen-bond acceptors (Lipinski definition) is 2. The molecule has 0 bridgehead atoms. The van der Waals surface area contributed by atoms with Crippen molar-refractivity contribution in [2.75, 3.05) is 4.90 Å². The molecule has 0 radical (unpaired) electrons. The lowest BCUT2D eigenvalue weighted by Gasteiger charge is -2.33. The van der Waals surface area contributed by atoms with Gasteiger partial charge in [0.2, 0.25) is 0 Å². The summed E-state index contributed by atoms with van der Waals surface area (Å²) in [6.45, 7) is 4.33. The van der Waals surface area contributed by atoms with Crippen LogP contribution in [0.25, 0.3) is 75.5 Å². The van der Waals surface area contributed by atoms with Gasteiger partial charge in [0.05, 0.1) is 6.04 Å². The molecule has 10 rings (SSSR count). The van der Waals surface area contributed by atoms with Crippen molar-refractivity contribution in [1.29, 1.82) is 0 Å². The van der Waals surface area contributed by atoms with Gasteiger partial charge in [-0.25, -0.2) is 0 Å². The van der Waals surface area contributed by atoms with Gasteiger partial charge in [0.1, 0.15) is 0 Å². The molecule has 0 amide bonds. The minimum Gasteiger partial charge on any atom is -0.334 e. The molecule has 0 saturated carbocycles. The average molecular weight is 736 g/mol. The van der Waals surface area contributed by atoms with Crippen LogP contribution in [0.1, 0.15) is 18.9 Å². The first kappa shape index (κ1) is 34.0. The quantitative estimate of drug-likeness (QED) is 0.147. The maximum Gasteiger partial charge on any atom is 0.0560 e. The highest BCUT2D eigenvalue weighted by Crippen LogP contribution is 2.45. The standard InChI is InChI=1S/C54H41NS/c1-36-19-26-44(27-20-36)55(45-28-21-37(2)22-29-45)46-30-25-39-33-43(24-23-40(39)35-46)54-49-17-8-6-15-47(49)53(48-16-7-9-18-50(48)54)42-14-10-13-41(34-42)52-32-31-51(56-52)38-11-4-3-5-12-38/h3-28,30-35,45H,29H2,1-2H3. The summed E-state index contributed by atoms with van der Waals surface area (Å²) in [6, 6.07) is 65.4. The molecule has 1 heterocycles. The predicted molar refractivity (Wildman–Crippen MR) is 243 cm³/mol. The smallest absolute Gasteiger partial charge is 0.0560 e. The molecule has 0 aliphatic heterocycles. The van der Waals surface area contributed by atoms with Crippen LogP contribution in [-0.4, -0.2) is 6.04 Å². The van der Waals surface area contributed by atoms with E-state index in [0.717, 1.165) is 6.42 Å². The van der Waals surface area contributed by atoms with E-state index in [1.54, 1.807) is 0 Å². The highest BCUT2D eigenvalue weighted by Gasteiger charge is 2.21. The van der Waals surface area contributed by atoms with E-state index >= 15 is 0 Å². The van der Waals surface area contributed by atoms with Crippen LogP contribution in [0.5, 0.6) is 0 Å². The van der Waals surface area contributed by atoms with Crippen molar-refractivity contribution in [2.24, 2.45) is 0 Å². The largest absolute Gasteiger partial charge is 0.334 e. The minimum absolute atomic E-state index is 0.257. The zero-order valence-electron chi connectivity index (χ0n) is 31.6. The fourth-order valence-corrected chi connectivity index (χ4v) is 9.52. The lowest BCUT2D eigenvalue weighted by molar-refractivity contribution is 0.780. The second kappa shape index (κ2) is 14.3. The highest BCUT2D eigenvalue weighted by atomic mass is 32.1. The molecule has 1 atom stereocenters. The Kier molecular flexibility index (Phi) is 8.70. The fraction of sp³-hybridized carbons (Fsp3) is 0.0741. The Labute approximate surface area is 333 Å². The summed E-state index contributed by atoms with van der Waals surface area (Å²) in [5, 5.41) is 7.54. The van der Waals surface area contributed by atoms with Crippen molar-refractivity contribution in [1.82, 2.24) is 0 Å². The summed E-state index contributed by atoms with van der Waals surface area (Å²) in [6.07, 6.45) is 7.94. The predicted octanol–water partition coefficient (Wildman–Crippen LogP) is 15.6. The number of aryl methyl sites for hydroxylation is 1. The van der Waals surface area contributed by atoms with Gasteiger partial charge in [-0.15, -0.1) is 11.3 Å². The number of allylic oxidation sites excluding steroid dienone is 2. The Morgan fingerprint density at radius 3 is 1.68 bits per heavy atom. The second-order valence-corrected chi connectivity index (χ2v) is 16.1. The number of anilines is 2. The Hall–Kier alpha value is -6.48. The van der Waals surface area contributed by atoms with Gasteiger partial charge >= 0.3 is 0 Å². The SMILES string of the molecule is CC1=CCC(N(c2ccc(C)cc2)c2ccc3cc(-c4c5ccccc5c(-c5cccc(-c6ccc(-c7ccccc7)s6)c5)c5ccccc45)ccc3c2)C=C1. The molecule has 2 heteroatoms.